The summed E-state index contributed by atoms with van der Waals surface area (Å²) in [4.78, 5) is 22.1. The number of carbonyl (C=O) groups excluding carboxylic acids is 1. The van der Waals surface area contributed by atoms with E-state index in [1.807, 2.05) is 0 Å². The smallest absolute Gasteiger partial charge is 0.371 e. The lowest BCUT2D eigenvalue weighted by molar-refractivity contribution is -0.128. The van der Waals surface area contributed by atoms with E-state index in [0.717, 1.165) is 0 Å². The van der Waals surface area contributed by atoms with Crippen LogP contribution in [0.15, 0.2) is 16.5 Å². The van der Waals surface area contributed by atoms with Gasteiger partial charge in [0.1, 0.15) is 0 Å². The number of furan rings is 1. The molecule has 0 aliphatic heterocycles. The highest BCUT2D eigenvalue weighted by molar-refractivity contribution is 5.85. The number of hydrogen-bond acceptors (Lipinski definition) is 4. The molecule has 1 aromatic rings. The maximum absolute atomic E-state index is 11.5. The number of aromatic carboxylic acids is 1. The van der Waals surface area contributed by atoms with Crippen LogP contribution in [0.3, 0.4) is 0 Å². The Hall–Kier alpha value is -1.98. The van der Waals surface area contributed by atoms with Gasteiger partial charge in [-0.15, -0.1) is 0 Å². The van der Waals surface area contributed by atoms with Gasteiger partial charge in [-0.1, -0.05) is 0 Å². The molecule has 0 fully saturated rings. The predicted octanol–water partition coefficient (Wildman–Crippen LogP) is 1.16. The lowest BCUT2D eigenvalue weighted by Crippen LogP contribution is -2.39. The fourth-order valence-corrected chi connectivity index (χ4v) is 1.27. The van der Waals surface area contributed by atoms with Crippen LogP contribution in [0.1, 0.15) is 24.4 Å². The third kappa shape index (κ3) is 3.24. The molecule has 0 spiro atoms. The van der Waals surface area contributed by atoms with Crippen LogP contribution in [0, 0.1) is 5.41 Å². The van der Waals surface area contributed by atoms with Crippen LogP contribution < -0.4 is 10.6 Å². The summed E-state index contributed by atoms with van der Waals surface area (Å²) in [6.07, 6.45) is 0. The van der Waals surface area contributed by atoms with Gasteiger partial charge < -0.3 is 20.2 Å². The topological polar surface area (TPSA) is 91.6 Å². The molecule has 0 aliphatic rings. The summed E-state index contributed by atoms with van der Waals surface area (Å²) in [5.41, 5.74) is -0.606. The van der Waals surface area contributed by atoms with Crippen molar-refractivity contribution in [2.45, 2.75) is 13.8 Å². The van der Waals surface area contributed by atoms with Gasteiger partial charge in [-0.25, -0.2) is 4.79 Å². The Labute approximate surface area is 99.0 Å². The minimum Gasteiger partial charge on any atom is -0.475 e. The minimum atomic E-state index is -1.12. The molecule has 0 aromatic carbocycles. The van der Waals surface area contributed by atoms with Crippen LogP contribution >= 0.6 is 0 Å². The number of carboxylic acids is 1. The first kappa shape index (κ1) is 13.1. The Balaban J connectivity index is 2.61. The van der Waals surface area contributed by atoms with Crippen LogP contribution in [0.2, 0.25) is 0 Å². The molecule has 0 atom stereocenters. The van der Waals surface area contributed by atoms with Crippen molar-refractivity contribution in [1.29, 1.82) is 0 Å². The summed E-state index contributed by atoms with van der Waals surface area (Å²) in [6.45, 7) is 3.90. The van der Waals surface area contributed by atoms with Crippen molar-refractivity contribution in [2.24, 2.45) is 5.41 Å². The van der Waals surface area contributed by atoms with Gasteiger partial charge in [0.25, 0.3) is 0 Å². The summed E-state index contributed by atoms with van der Waals surface area (Å²) in [5, 5.41) is 14.1. The number of amides is 1. The fourth-order valence-electron chi connectivity index (χ4n) is 1.27. The Bertz CT molecular complexity index is 423. The summed E-state index contributed by atoms with van der Waals surface area (Å²) in [6, 6.07) is 2.88. The fraction of sp³-hybridized carbons (Fsp3) is 0.455. The summed E-state index contributed by atoms with van der Waals surface area (Å²) >= 11 is 0. The number of nitrogens with one attached hydrogen (secondary N) is 2. The molecule has 17 heavy (non-hydrogen) atoms. The van der Waals surface area contributed by atoms with E-state index >= 15 is 0 Å². The highest BCUT2D eigenvalue weighted by Gasteiger charge is 2.26. The Morgan fingerprint density at radius 1 is 1.41 bits per heavy atom. The molecule has 0 bridgehead atoms. The predicted molar refractivity (Wildman–Crippen MR) is 62.0 cm³/mol. The van der Waals surface area contributed by atoms with E-state index < -0.39 is 11.4 Å². The van der Waals surface area contributed by atoms with Crippen molar-refractivity contribution in [2.75, 3.05) is 18.9 Å². The number of carboxylic acid groups (broad SMARTS) is 1. The molecule has 0 saturated carbocycles. The second-order valence-electron chi connectivity index (χ2n) is 4.29. The van der Waals surface area contributed by atoms with E-state index in [0.29, 0.717) is 12.4 Å². The molecule has 1 aromatic heterocycles. The van der Waals surface area contributed by atoms with Gasteiger partial charge in [0.05, 0.1) is 5.41 Å². The third-order valence-electron chi connectivity index (χ3n) is 2.36. The highest BCUT2D eigenvalue weighted by atomic mass is 16.4. The van der Waals surface area contributed by atoms with Crippen molar-refractivity contribution < 1.29 is 19.1 Å². The average molecular weight is 240 g/mol. The lowest BCUT2D eigenvalue weighted by atomic mass is 9.92. The number of carbonyl (C=O) groups is 2. The third-order valence-corrected chi connectivity index (χ3v) is 2.36. The second-order valence-corrected chi connectivity index (χ2v) is 4.29. The molecule has 0 radical (unpaired) electrons. The van der Waals surface area contributed by atoms with E-state index in [-0.39, 0.29) is 11.7 Å². The first-order chi connectivity index (χ1) is 7.86. The second kappa shape index (κ2) is 4.90. The Morgan fingerprint density at radius 2 is 2.06 bits per heavy atom. The van der Waals surface area contributed by atoms with Gasteiger partial charge in [-0.2, -0.15) is 0 Å². The quantitative estimate of drug-likeness (QED) is 0.718. The van der Waals surface area contributed by atoms with Crippen LogP contribution in [-0.2, 0) is 4.79 Å². The molecule has 6 nitrogen and oxygen atoms in total. The monoisotopic (exact) mass is 240 g/mol. The van der Waals surface area contributed by atoms with E-state index in [1.165, 1.54) is 12.1 Å². The zero-order chi connectivity index (χ0) is 13.1. The van der Waals surface area contributed by atoms with Crippen LogP contribution in [0.5, 0.6) is 0 Å². The summed E-state index contributed by atoms with van der Waals surface area (Å²) in [7, 11) is 1.57. The van der Waals surface area contributed by atoms with E-state index in [2.05, 4.69) is 10.6 Å². The van der Waals surface area contributed by atoms with Crippen molar-refractivity contribution in [3.63, 3.8) is 0 Å². The molecular formula is C11H16N2O4. The van der Waals surface area contributed by atoms with Crippen LogP contribution in [0.25, 0.3) is 0 Å². The molecule has 0 unspecified atom stereocenters. The van der Waals surface area contributed by atoms with Gasteiger partial charge in [0.2, 0.25) is 11.7 Å². The van der Waals surface area contributed by atoms with Gasteiger partial charge in [-0.3, -0.25) is 4.79 Å². The average Bonchev–Trinajstić information content (AvgIpc) is 2.74. The van der Waals surface area contributed by atoms with Crippen molar-refractivity contribution in [3.8, 4) is 0 Å². The highest BCUT2D eigenvalue weighted by Crippen LogP contribution is 2.19. The normalized spacial score (nSPS) is 11.0. The molecule has 0 aliphatic carbocycles. The SMILES string of the molecule is CNC(=O)C(C)(C)CNc1ccc(C(=O)O)o1. The Kier molecular flexibility index (Phi) is 3.77. The number of anilines is 1. The molecule has 94 valence electrons. The largest absolute Gasteiger partial charge is 0.475 e. The van der Waals surface area contributed by atoms with Crippen molar-refractivity contribution >= 4 is 17.8 Å². The minimum absolute atomic E-state index is 0.102. The molecule has 1 rings (SSSR count). The zero-order valence-electron chi connectivity index (χ0n) is 10.0. The van der Waals surface area contributed by atoms with Crippen LogP contribution in [0.4, 0.5) is 5.88 Å². The zero-order valence-corrected chi connectivity index (χ0v) is 10.0. The van der Waals surface area contributed by atoms with Gasteiger partial charge >= 0.3 is 5.97 Å². The van der Waals surface area contributed by atoms with Gasteiger partial charge in [0.15, 0.2) is 5.88 Å². The molecule has 6 heteroatoms. The molecule has 3 N–H and O–H groups in total. The maximum Gasteiger partial charge on any atom is 0.371 e. The molecule has 1 heterocycles. The van der Waals surface area contributed by atoms with E-state index in [1.54, 1.807) is 20.9 Å². The van der Waals surface area contributed by atoms with Crippen LogP contribution in [-0.4, -0.2) is 30.6 Å². The molecule has 0 saturated heterocycles. The van der Waals surface area contributed by atoms with Gasteiger partial charge in [-0.05, 0) is 19.9 Å². The van der Waals surface area contributed by atoms with Gasteiger partial charge in [0, 0.05) is 19.7 Å². The first-order valence-corrected chi connectivity index (χ1v) is 5.16. The summed E-state index contributed by atoms with van der Waals surface area (Å²) in [5.74, 6) is -1.02. The standard InChI is InChI=1S/C11H16N2O4/c1-11(2,10(16)12-3)6-13-8-5-4-7(17-8)9(14)15/h4-5,13H,6H2,1-3H3,(H,12,16)(H,14,15). The lowest BCUT2D eigenvalue weighted by Gasteiger charge is -2.22. The molecule has 1 amide bonds. The van der Waals surface area contributed by atoms with Crippen molar-refractivity contribution in [3.05, 3.63) is 17.9 Å². The maximum atomic E-state index is 11.5. The summed E-state index contributed by atoms with van der Waals surface area (Å²) < 4.78 is 5.01. The van der Waals surface area contributed by atoms with E-state index in [4.69, 9.17) is 9.52 Å². The first-order valence-electron chi connectivity index (χ1n) is 5.16. The number of hydrogen-bond donors (Lipinski definition) is 3. The molecular weight excluding hydrogens is 224 g/mol. The Morgan fingerprint density at radius 3 is 2.53 bits per heavy atom. The van der Waals surface area contributed by atoms with E-state index in [9.17, 15) is 9.59 Å². The number of rotatable bonds is 5. The van der Waals surface area contributed by atoms with Crippen molar-refractivity contribution in [1.82, 2.24) is 5.32 Å².